The van der Waals surface area contributed by atoms with E-state index in [9.17, 15) is 19.8 Å². The van der Waals surface area contributed by atoms with Crippen molar-refractivity contribution in [3.05, 3.63) is 23.8 Å². The van der Waals surface area contributed by atoms with Crippen molar-refractivity contribution in [1.82, 2.24) is 10.6 Å². The topological polar surface area (TPSA) is 98.7 Å². The molecule has 1 atom stereocenters. The zero-order chi connectivity index (χ0) is 15.5. The van der Waals surface area contributed by atoms with Crippen molar-refractivity contribution in [2.45, 2.75) is 39.3 Å². The van der Waals surface area contributed by atoms with Gasteiger partial charge < -0.3 is 20.8 Å². The average molecular weight is 280 g/mol. The van der Waals surface area contributed by atoms with Gasteiger partial charge in [0.05, 0.1) is 5.56 Å². The molecule has 6 heteroatoms. The van der Waals surface area contributed by atoms with Gasteiger partial charge in [0.15, 0.2) is 11.5 Å². The van der Waals surface area contributed by atoms with E-state index in [2.05, 4.69) is 10.6 Å². The van der Waals surface area contributed by atoms with Crippen LogP contribution in [0.15, 0.2) is 18.2 Å². The second-order valence-corrected chi connectivity index (χ2v) is 5.61. The molecule has 0 saturated carbocycles. The molecule has 0 spiro atoms. The summed E-state index contributed by atoms with van der Waals surface area (Å²) in [6.45, 7) is 7.04. The Morgan fingerprint density at radius 2 is 1.80 bits per heavy atom. The molecule has 6 nitrogen and oxygen atoms in total. The van der Waals surface area contributed by atoms with E-state index in [1.54, 1.807) is 6.92 Å². The molecule has 1 rings (SSSR count). The highest BCUT2D eigenvalue weighted by atomic mass is 16.3. The highest BCUT2D eigenvalue weighted by molar-refractivity contribution is 6.00. The van der Waals surface area contributed by atoms with Gasteiger partial charge in [0.25, 0.3) is 5.91 Å². The van der Waals surface area contributed by atoms with Crippen molar-refractivity contribution in [3.8, 4) is 11.5 Å². The van der Waals surface area contributed by atoms with Gasteiger partial charge in [-0.15, -0.1) is 0 Å². The van der Waals surface area contributed by atoms with E-state index >= 15 is 0 Å². The number of nitrogens with one attached hydrogen (secondary N) is 2. The lowest BCUT2D eigenvalue weighted by Crippen LogP contribution is -2.50. The Hall–Kier alpha value is -2.24. The first kappa shape index (κ1) is 15.8. The number of carbonyl (C=O) groups excluding carboxylic acids is 2. The summed E-state index contributed by atoms with van der Waals surface area (Å²) < 4.78 is 0. The molecular formula is C14H20N2O4. The molecule has 0 heterocycles. The number of aromatic hydroxyl groups is 2. The molecule has 1 aromatic rings. The number of phenolic OH excluding ortho intramolecular Hbond substituents is 2. The van der Waals surface area contributed by atoms with Crippen LogP contribution in [-0.4, -0.2) is 33.6 Å². The molecule has 110 valence electrons. The van der Waals surface area contributed by atoms with Gasteiger partial charge in [0.2, 0.25) is 5.91 Å². The van der Waals surface area contributed by atoms with E-state index in [1.807, 2.05) is 20.8 Å². The first-order valence-corrected chi connectivity index (χ1v) is 6.25. The fraction of sp³-hybridized carbons (Fsp3) is 0.429. The molecule has 2 amide bonds. The molecule has 0 aliphatic heterocycles. The summed E-state index contributed by atoms with van der Waals surface area (Å²) in [6, 6.07) is 3.30. The molecule has 0 aromatic heterocycles. The molecule has 0 aliphatic rings. The molecule has 0 radical (unpaired) electrons. The first-order chi connectivity index (χ1) is 9.11. The number of hydrogen-bond acceptors (Lipinski definition) is 4. The molecule has 0 bridgehead atoms. The lowest BCUT2D eigenvalue weighted by Gasteiger charge is -2.23. The minimum atomic E-state index is -0.761. The minimum absolute atomic E-state index is 0.0830. The number of para-hydroxylation sites is 1. The zero-order valence-electron chi connectivity index (χ0n) is 12.0. The third-order valence-electron chi connectivity index (χ3n) is 2.50. The van der Waals surface area contributed by atoms with Crippen LogP contribution in [0.5, 0.6) is 11.5 Å². The van der Waals surface area contributed by atoms with Crippen LogP contribution in [0.2, 0.25) is 0 Å². The molecule has 0 aliphatic carbocycles. The van der Waals surface area contributed by atoms with Crippen molar-refractivity contribution in [2.75, 3.05) is 0 Å². The monoisotopic (exact) mass is 280 g/mol. The fourth-order valence-corrected chi connectivity index (χ4v) is 1.53. The summed E-state index contributed by atoms with van der Waals surface area (Å²) in [6.07, 6.45) is 0. The molecule has 1 aromatic carbocycles. The van der Waals surface area contributed by atoms with Gasteiger partial charge in [-0.2, -0.15) is 0 Å². The van der Waals surface area contributed by atoms with Crippen LogP contribution in [0.3, 0.4) is 0 Å². The summed E-state index contributed by atoms with van der Waals surface area (Å²) in [4.78, 5) is 23.8. The Bertz CT molecular complexity index is 520. The lowest BCUT2D eigenvalue weighted by atomic mass is 10.1. The van der Waals surface area contributed by atoms with Crippen LogP contribution in [0.1, 0.15) is 38.1 Å². The van der Waals surface area contributed by atoms with Crippen LogP contribution in [0.4, 0.5) is 0 Å². The largest absolute Gasteiger partial charge is 0.504 e. The van der Waals surface area contributed by atoms with Gasteiger partial charge in [0.1, 0.15) is 6.04 Å². The maximum atomic E-state index is 11.9. The third-order valence-corrected chi connectivity index (χ3v) is 2.50. The normalized spacial score (nSPS) is 12.6. The second kappa shape index (κ2) is 5.81. The van der Waals surface area contributed by atoms with E-state index in [0.717, 1.165) is 0 Å². The third kappa shape index (κ3) is 4.15. The first-order valence-electron chi connectivity index (χ1n) is 6.25. The number of benzene rings is 1. The Kier molecular flexibility index (Phi) is 4.60. The fourth-order valence-electron chi connectivity index (χ4n) is 1.53. The summed E-state index contributed by atoms with van der Waals surface area (Å²) in [5, 5.41) is 24.1. The Balaban J connectivity index is 2.76. The number of hydrogen-bond donors (Lipinski definition) is 4. The van der Waals surface area contributed by atoms with E-state index in [1.165, 1.54) is 18.2 Å². The van der Waals surface area contributed by atoms with Gasteiger partial charge >= 0.3 is 0 Å². The SMILES string of the molecule is CC(NC(=O)c1cccc(O)c1O)C(=O)NC(C)(C)C. The Morgan fingerprint density at radius 1 is 1.20 bits per heavy atom. The maximum Gasteiger partial charge on any atom is 0.255 e. The van der Waals surface area contributed by atoms with E-state index in [0.29, 0.717) is 0 Å². The van der Waals surface area contributed by atoms with Gasteiger partial charge in [-0.1, -0.05) is 6.07 Å². The Labute approximate surface area is 117 Å². The van der Waals surface area contributed by atoms with Gasteiger partial charge in [-0.05, 0) is 39.8 Å². The molecule has 0 fully saturated rings. The second-order valence-electron chi connectivity index (χ2n) is 5.61. The van der Waals surface area contributed by atoms with Crippen LogP contribution >= 0.6 is 0 Å². The number of carbonyl (C=O) groups is 2. The lowest BCUT2D eigenvalue weighted by molar-refractivity contribution is -0.124. The molecular weight excluding hydrogens is 260 g/mol. The molecule has 20 heavy (non-hydrogen) atoms. The van der Waals surface area contributed by atoms with Crippen LogP contribution < -0.4 is 10.6 Å². The van der Waals surface area contributed by atoms with E-state index < -0.39 is 23.2 Å². The smallest absolute Gasteiger partial charge is 0.255 e. The molecule has 4 N–H and O–H groups in total. The quantitative estimate of drug-likeness (QED) is 0.624. The standard InChI is InChI=1S/C14H20N2O4/c1-8(12(19)16-14(2,3)4)15-13(20)9-6-5-7-10(17)11(9)18/h5-8,17-18H,1-4H3,(H,15,20)(H,16,19). The maximum absolute atomic E-state index is 11.9. The highest BCUT2D eigenvalue weighted by Gasteiger charge is 2.22. The van der Waals surface area contributed by atoms with Gasteiger partial charge in [-0.25, -0.2) is 0 Å². The highest BCUT2D eigenvalue weighted by Crippen LogP contribution is 2.27. The summed E-state index contributed by atoms with van der Waals surface area (Å²) in [5.41, 5.74) is -0.483. The molecule has 0 saturated heterocycles. The Morgan fingerprint density at radius 3 is 2.35 bits per heavy atom. The predicted octanol–water partition coefficient (Wildman–Crippen LogP) is 1.13. The minimum Gasteiger partial charge on any atom is -0.504 e. The average Bonchev–Trinajstić information content (AvgIpc) is 2.30. The van der Waals surface area contributed by atoms with Crippen molar-refractivity contribution >= 4 is 11.8 Å². The summed E-state index contributed by atoms with van der Waals surface area (Å²) in [5.74, 6) is -1.85. The van der Waals surface area contributed by atoms with E-state index in [-0.39, 0.29) is 17.2 Å². The molecule has 1 unspecified atom stereocenters. The summed E-state index contributed by atoms with van der Waals surface area (Å²) >= 11 is 0. The van der Waals surface area contributed by atoms with Crippen molar-refractivity contribution < 1.29 is 19.8 Å². The van der Waals surface area contributed by atoms with Crippen molar-refractivity contribution in [3.63, 3.8) is 0 Å². The van der Waals surface area contributed by atoms with Crippen molar-refractivity contribution in [2.24, 2.45) is 0 Å². The van der Waals surface area contributed by atoms with E-state index in [4.69, 9.17) is 0 Å². The number of phenols is 2. The van der Waals surface area contributed by atoms with Gasteiger partial charge in [-0.3, -0.25) is 9.59 Å². The predicted molar refractivity (Wildman–Crippen MR) is 74.6 cm³/mol. The summed E-state index contributed by atoms with van der Waals surface area (Å²) in [7, 11) is 0. The van der Waals surface area contributed by atoms with Crippen LogP contribution in [0, 0.1) is 0 Å². The van der Waals surface area contributed by atoms with Crippen LogP contribution in [0.25, 0.3) is 0 Å². The van der Waals surface area contributed by atoms with Crippen molar-refractivity contribution in [1.29, 1.82) is 0 Å². The zero-order valence-corrected chi connectivity index (χ0v) is 12.0. The van der Waals surface area contributed by atoms with Crippen LogP contribution in [-0.2, 0) is 4.79 Å². The number of rotatable bonds is 3. The van der Waals surface area contributed by atoms with Gasteiger partial charge in [0, 0.05) is 5.54 Å². The number of amides is 2.